The molecule has 0 aliphatic carbocycles. The SMILES string of the molecule is Cc1c(F)cccc1C(=O)N[C@@H]1COC[C@H]1CS(=O)(=O)N(C)C. The van der Waals surface area contributed by atoms with Gasteiger partial charge < -0.3 is 10.1 Å². The molecule has 0 spiro atoms. The van der Waals surface area contributed by atoms with Crippen LogP contribution in [-0.4, -0.2) is 57.7 Å². The Morgan fingerprint density at radius 3 is 2.74 bits per heavy atom. The zero-order chi connectivity index (χ0) is 17.2. The van der Waals surface area contributed by atoms with Gasteiger partial charge in [-0.3, -0.25) is 4.79 Å². The van der Waals surface area contributed by atoms with Gasteiger partial charge in [-0.2, -0.15) is 0 Å². The Morgan fingerprint density at radius 2 is 2.09 bits per heavy atom. The molecule has 0 aromatic heterocycles. The fourth-order valence-electron chi connectivity index (χ4n) is 2.44. The topological polar surface area (TPSA) is 75.7 Å². The van der Waals surface area contributed by atoms with E-state index in [9.17, 15) is 17.6 Å². The number of nitrogens with one attached hydrogen (secondary N) is 1. The standard InChI is InChI=1S/C15H21FN2O4S/c1-10-12(5-4-6-13(10)16)15(19)17-14-8-22-7-11(14)9-23(20,21)18(2)3/h4-6,11,14H,7-9H2,1-3H3,(H,17,19)/t11-,14+/m0/s1. The van der Waals surface area contributed by atoms with Gasteiger partial charge in [-0.15, -0.1) is 0 Å². The van der Waals surface area contributed by atoms with Crippen LogP contribution < -0.4 is 5.32 Å². The number of nitrogens with zero attached hydrogens (tertiary/aromatic N) is 1. The first kappa shape index (κ1) is 17.8. The smallest absolute Gasteiger partial charge is 0.251 e. The maximum absolute atomic E-state index is 13.6. The third-order valence-corrected chi connectivity index (χ3v) is 5.97. The summed E-state index contributed by atoms with van der Waals surface area (Å²) >= 11 is 0. The fourth-order valence-corrected chi connectivity index (χ4v) is 3.61. The van der Waals surface area contributed by atoms with E-state index in [1.807, 2.05) is 0 Å². The Hall–Kier alpha value is -1.51. The van der Waals surface area contributed by atoms with E-state index in [2.05, 4.69) is 5.32 Å². The van der Waals surface area contributed by atoms with Gasteiger partial charge in [-0.1, -0.05) is 6.07 Å². The number of amides is 1. The molecule has 8 heteroatoms. The predicted molar refractivity (Wildman–Crippen MR) is 84.2 cm³/mol. The summed E-state index contributed by atoms with van der Waals surface area (Å²) in [5, 5.41) is 2.76. The van der Waals surface area contributed by atoms with Crippen LogP contribution in [0.4, 0.5) is 4.39 Å². The second-order valence-electron chi connectivity index (χ2n) is 5.85. The molecule has 0 radical (unpaired) electrons. The summed E-state index contributed by atoms with van der Waals surface area (Å²) in [7, 11) is -0.454. The van der Waals surface area contributed by atoms with Gasteiger partial charge in [-0.25, -0.2) is 17.1 Å². The van der Waals surface area contributed by atoms with Gasteiger partial charge in [0.05, 0.1) is 25.0 Å². The lowest BCUT2D eigenvalue weighted by Gasteiger charge is -2.21. The molecule has 0 bridgehead atoms. The summed E-state index contributed by atoms with van der Waals surface area (Å²) in [6, 6.07) is 3.88. The highest BCUT2D eigenvalue weighted by molar-refractivity contribution is 7.89. The summed E-state index contributed by atoms with van der Waals surface area (Å²) in [6.45, 7) is 2.04. The third-order valence-electron chi connectivity index (χ3n) is 4.01. The number of hydrogen-bond acceptors (Lipinski definition) is 4. The van der Waals surface area contributed by atoms with E-state index in [0.29, 0.717) is 0 Å². The number of sulfonamides is 1. The van der Waals surface area contributed by atoms with Crippen molar-refractivity contribution >= 4 is 15.9 Å². The summed E-state index contributed by atoms with van der Waals surface area (Å²) in [6.07, 6.45) is 0. The summed E-state index contributed by atoms with van der Waals surface area (Å²) in [4.78, 5) is 12.3. The molecule has 1 heterocycles. The Kier molecular flexibility index (Phi) is 5.38. The van der Waals surface area contributed by atoms with Gasteiger partial charge in [0.15, 0.2) is 0 Å². The van der Waals surface area contributed by atoms with Crippen LogP contribution in [0.3, 0.4) is 0 Å². The van der Waals surface area contributed by atoms with E-state index < -0.39 is 27.8 Å². The van der Waals surface area contributed by atoms with Crippen LogP contribution in [0.1, 0.15) is 15.9 Å². The maximum atomic E-state index is 13.6. The molecule has 1 fully saturated rings. The number of carbonyl (C=O) groups excluding carboxylic acids is 1. The molecule has 1 N–H and O–H groups in total. The van der Waals surface area contributed by atoms with Crippen molar-refractivity contribution in [1.82, 2.24) is 9.62 Å². The van der Waals surface area contributed by atoms with Gasteiger partial charge in [0.1, 0.15) is 5.82 Å². The monoisotopic (exact) mass is 344 g/mol. The molecule has 1 amide bonds. The van der Waals surface area contributed by atoms with Crippen LogP contribution in [0.5, 0.6) is 0 Å². The average Bonchev–Trinajstić information content (AvgIpc) is 2.88. The molecule has 2 atom stereocenters. The third kappa shape index (κ3) is 4.07. The van der Waals surface area contributed by atoms with Crippen molar-refractivity contribution < 1.29 is 22.3 Å². The zero-order valence-corrected chi connectivity index (χ0v) is 14.2. The minimum absolute atomic E-state index is 0.104. The van der Waals surface area contributed by atoms with E-state index in [1.54, 1.807) is 0 Å². The molecular weight excluding hydrogens is 323 g/mol. The van der Waals surface area contributed by atoms with Crippen molar-refractivity contribution in [3.05, 3.63) is 35.1 Å². The van der Waals surface area contributed by atoms with E-state index >= 15 is 0 Å². The van der Waals surface area contributed by atoms with Gasteiger partial charge in [0, 0.05) is 25.6 Å². The highest BCUT2D eigenvalue weighted by Gasteiger charge is 2.34. The zero-order valence-electron chi connectivity index (χ0n) is 13.4. The van der Waals surface area contributed by atoms with Crippen molar-refractivity contribution in [3.8, 4) is 0 Å². The van der Waals surface area contributed by atoms with Crippen LogP contribution >= 0.6 is 0 Å². The normalized spacial score (nSPS) is 21.6. The van der Waals surface area contributed by atoms with Crippen LogP contribution in [0.2, 0.25) is 0 Å². The average molecular weight is 344 g/mol. The van der Waals surface area contributed by atoms with Crippen molar-refractivity contribution in [2.45, 2.75) is 13.0 Å². The number of halogens is 1. The molecule has 1 aromatic carbocycles. The summed E-state index contributed by atoms with van der Waals surface area (Å²) in [5.41, 5.74) is 0.507. The lowest BCUT2D eigenvalue weighted by atomic mass is 10.0. The fraction of sp³-hybridized carbons (Fsp3) is 0.533. The number of benzene rings is 1. The highest BCUT2D eigenvalue weighted by atomic mass is 32.2. The Labute approximate surface area is 135 Å². The van der Waals surface area contributed by atoms with E-state index in [4.69, 9.17) is 4.74 Å². The molecular formula is C15H21FN2O4S. The van der Waals surface area contributed by atoms with Crippen molar-refractivity contribution in [2.24, 2.45) is 5.92 Å². The molecule has 0 saturated carbocycles. The molecule has 2 rings (SSSR count). The van der Waals surface area contributed by atoms with Gasteiger partial charge in [0.25, 0.3) is 5.91 Å². The predicted octanol–water partition coefficient (Wildman–Crippen LogP) is 0.770. The largest absolute Gasteiger partial charge is 0.379 e. The molecule has 1 aliphatic heterocycles. The summed E-state index contributed by atoms with van der Waals surface area (Å²) in [5.74, 6) is -1.32. The van der Waals surface area contributed by atoms with Crippen molar-refractivity contribution in [1.29, 1.82) is 0 Å². The first-order valence-electron chi connectivity index (χ1n) is 7.26. The lowest BCUT2D eigenvalue weighted by molar-refractivity contribution is 0.0925. The van der Waals surface area contributed by atoms with Crippen LogP contribution in [0.15, 0.2) is 18.2 Å². The molecule has 1 aromatic rings. The molecule has 23 heavy (non-hydrogen) atoms. The van der Waals surface area contributed by atoms with Gasteiger partial charge >= 0.3 is 0 Å². The quantitative estimate of drug-likeness (QED) is 0.856. The minimum atomic E-state index is -3.39. The Bertz CT molecular complexity index is 691. The van der Waals surface area contributed by atoms with Crippen LogP contribution in [0, 0.1) is 18.7 Å². The molecule has 128 valence electrons. The molecule has 1 saturated heterocycles. The number of carbonyl (C=O) groups is 1. The van der Waals surface area contributed by atoms with E-state index in [0.717, 1.165) is 4.31 Å². The lowest BCUT2D eigenvalue weighted by Crippen LogP contribution is -2.43. The maximum Gasteiger partial charge on any atom is 0.251 e. The first-order chi connectivity index (χ1) is 10.7. The molecule has 1 aliphatic rings. The Balaban J connectivity index is 2.09. The second-order valence-corrected chi connectivity index (χ2v) is 8.08. The van der Waals surface area contributed by atoms with Crippen LogP contribution in [-0.2, 0) is 14.8 Å². The minimum Gasteiger partial charge on any atom is -0.379 e. The highest BCUT2D eigenvalue weighted by Crippen LogP contribution is 2.19. The summed E-state index contributed by atoms with van der Waals surface area (Å²) < 4.78 is 44.0. The molecule has 6 nitrogen and oxygen atoms in total. The number of hydrogen-bond donors (Lipinski definition) is 1. The van der Waals surface area contributed by atoms with Gasteiger partial charge in [-0.05, 0) is 24.6 Å². The van der Waals surface area contributed by atoms with Crippen molar-refractivity contribution in [3.63, 3.8) is 0 Å². The number of rotatable bonds is 5. The Morgan fingerprint density at radius 1 is 1.39 bits per heavy atom. The van der Waals surface area contributed by atoms with E-state index in [-0.39, 0.29) is 36.0 Å². The van der Waals surface area contributed by atoms with Gasteiger partial charge in [0.2, 0.25) is 10.0 Å². The first-order valence-corrected chi connectivity index (χ1v) is 8.87. The van der Waals surface area contributed by atoms with Crippen molar-refractivity contribution in [2.75, 3.05) is 33.1 Å². The number of ether oxygens (including phenoxy) is 1. The second kappa shape index (κ2) is 6.94. The molecule has 0 unspecified atom stereocenters. The van der Waals surface area contributed by atoms with E-state index in [1.165, 1.54) is 39.2 Å². The van der Waals surface area contributed by atoms with Crippen LogP contribution in [0.25, 0.3) is 0 Å².